The van der Waals surface area contributed by atoms with Gasteiger partial charge in [-0.25, -0.2) is 4.98 Å². The molecule has 0 saturated heterocycles. The molecule has 0 aliphatic carbocycles. The lowest BCUT2D eigenvalue weighted by Crippen LogP contribution is -2.18. The molecule has 0 saturated carbocycles. The lowest BCUT2D eigenvalue weighted by molar-refractivity contribution is 0.515. The maximum absolute atomic E-state index is 4.73. The van der Waals surface area contributed by atoms with Crippen molar-refractivity contribution in [2.24, 2.45) is 5.92 Å². The highest BCUT2D eigenvalue weighted by atomic mass is 15.1. The number of imidazole rings is 1. The van der Waals surface area contributed by atoms with Crippen molar-refractivity contribution in [1.29, 1.82) is 0 Å². The van der Waals surface area contributed by atoms with E-state index in [0.29, 0.717) is 0 Å². The molecule has 3 nitrogen and oxygen atoms in total. The van der Waals surface area contributed by atoms with Crippen LogP contribution in [-0.2, 0) is 13.1 Å². The van der Waals surface area contributed by atoms with Crippen LogP contribution < -0.4 is 5.32 Å². The van der Waals surface area contributed by atoms with E-state index in [4.69, 9.17) is 4.98 Å². The van der Waals surface area contributed by atoms with Gasteiger partial charge in [-0.15, -0.1) is 0 Å². The van der Waals surface area contributed by atoms with E-state index in [-0.39, 0.29) is 0 Å². The Morgan fingerprint density at radius 2 is 2.00 bits per heavy atom. The topological polar surface area (TPSA) is 29.9 Å². The predicted molar refractivity (Wildman–Crippen MR) is 85.8 cm³/mol. The number of aromatic nitrogens is 2. The minimum absolute atomic E-state index is 0.819. The second kappa shape index (κ2) is 7.44. The summed E-state index contributed by atoms with van der Waals surface area (Å²) in [6.45, 7) is 9.68. The normalized spacial score (nSPS) is 11.6. The van der Waals surface area contributed by atoms with Crippen LogP contribution in [0.5, 0.6) is 0 Å². The zero-order valence-electron chi connectivity index (χ0n) is 13.0. The summed E-state index contributed by atoms with van der Waals surface area (Å²) in [6.07, 6.45) is 3.90. The molecule has 0 unspecified atom stereocenters. The number of nitrogens with zero attached hydrogens (tertiary/aromatic N) is 2. The van der Waals surface area contributed by atoms with Crippen molar-refractivity contribution >= 4 is 11.0 Å². The van der Waals surface area contributed by atoms with Crippen molar-refractivity contribution in [2.75, 3.05) is 6.54 Å². The van der Waals surface area contributed by atoms with Crippen molar-refractivity contribution < 1.29 is 0 Å². The summed E-state index contributed by atoms with van der Waals surface area (Å²) >= 11 is 0. The lowest BCUT2D eigenvalue weighted by Gasteiger charge is -2.08. The van der Waals surface area contributed by atoms with Crippen LogP contribution in [0.2, 0.25) is 0 Å². The van der Waals surface area contributed by atoms with Crippen LogP contribution in [0.3, 0.4) is 0 Å². The number of unbranched alkanes of at least 4 members (excludes halogenated alkanes) is 1. The first-order valence-electron chi connectivity index (χ1n) is 7.87. The Morgan fingerprint density at radius 3 is 2.75 bits per heavy atom. The SMILES string of the molecule is CCn1c(CNCCCCC(C)C)nc2ccccc21. The molecule has 0 atom stereocenters. The predicted octanol–water partition coefficient (Wildman–Crippen LogP) is 3.97. The third-order valence-corrected chi connectivity index (χ3v) is 3.72. The monoisotopic (exact) mass is 273 g/mol. The smallest absolute Gasteiger partial charge is 0.123 e. The number of hydrogen-bond donors (Lipinski definition) is 1. The molecule has 0 fully saturated rings. The standard InChI is InChI=1S/C17H27N3/c1-4-20-16-11-6-5-10-15(16)19-17(20)13-18-12-8-7-9-14(2)3/h5-6,10-11,14,18H,4,7-9,12-13H2,1-3H3. The number of fused-ring (bicyclic) bond motifs is 1. The molecule has 2 aromatic rings. The fraction of sp³-hybridized carbons (Fsp3) is 0.588. The quantitative estimate of drug-likeness (QED) is 0.737. The number of benzene rings is 1. The first-order chi connectivity index (χ1) is 9.72. The highest BCUT2D eigenvalue weighted by Crippen LogP contribution is 2.15. The second-order valence-electron chi connectivity index (χ2n) is 5.83. The summed E-state index contributed by atoms with van der Waals surface area (Å²) in [7, 11) is 0. The molecular formula is C17H27N3. The van der Waals surface area contributed by atoms with Gasteiger partial charge in [0.2, 0.25) is 0 Å². The molecule has 3 heteroatoms. The van der Waals surface area contributed by atoms with E-state index >= 15 is 0 Å². The van der Waals surface area contributed by atoms with Crippen LogP contribution in [0, 0.1) is 5.92 Å². The largest absolute Gasteiger partial charge is 0.327 e. The molecule has 0 bridgehead atoms. The van der Waals surface area contributed by atoms with Gasteiger partial charge < -0.3 is 9.88 Å². The second-order valence-corrected chi connectivity index (χ2v) is 5.83. The molecule has 0 spiro atoms. The van der Waals surface area contributed by atoms with Gasteiger partial charge in [-0.1, -0.05) is 38.8 Å². The van der Waals surface area contributed by atoms with E-state index in [0.717, 1.165) is 36.9 Å². The molecule has 0 amide bonds. The van der Waals surface area contributed by atoms with Crippen molar-refractivity contribution in [3.63, 3.8) is 0 Å². The Morgan fingerprint density at radius 1 is 1.20 bits per heavy atom. The summed E-state index contributed by atoms with van der Waals surface area (Å²) in [6, 6.07) is 8.38. The number of hydrogen-bond acceptors (Lipinski definition) is 2. The summed E-state index contributed by atoms with van der Waals surface area (Å²) in [4.78, 5) is 4.73. The summed E-state index contributed by atoms with van der Waals surface area (Å²) in [5.74, 6) is 1.97. The first kappa shape index (κ1) is 15.0. The fourth-order valence-electron chi connectivity index (χ4n) is 2.62. The number of nitrogens with one attached hydrogen (secondary N) is 1. The molecule has 1 aromatic heterocycles. The Bertz CT molecular complexity index is 528. The van der Waals surface area contributed by atoms with E-state index < -0.39 is 0 Å². The van der Waals surface area contributed by atoms with Gasteiger partial charge in [0.1, 0.15) is 5.82 Å². The van der Waals surface area contributed by atoms with Gasteiger partial charge in [0.05, 0.1) is 17.6 Å². The number of rotatable bonds is 8. The van der Waals surface area contributed by atoms with Crippen LogP contribution in [-0.4, -0.2) is 16.1 Å². The summed E-state index contributed by atoms with van der Waals surface area (Å²) in [5, 5.41) is 3.53. The van der Waals surface area contributed by atoms with Gasteiger partial charge in [-0.05, 0) is 37.9 Å². The van der Waals surface area contributed by atoms with Gasteiger partial charge >= 0.3 is 0 Å². The van der Waals surface area contributed by atoms with Gasteiger partial charge in [-0.3, -0.25) is 0 Å². The van der Waals surface area contributed by atoms with Crippen molar-refractivity contribution in [3.8, 4) is 0 Å². The molecule has 0 radical (unpaired) electrons. The Hall–Kier alpha value is -1.35. The summed E-state index contributed by atoms with van der Waals surface area (Å²) < 4.78 is 2.30. The van der Waals surface area contributed by atoms with Crippen LogP contribution in [0.15, 0.2) is 24.3 Å². The summed E-state index contributed by atoms with van der Waals surface area (Å²) in [5.41, 5.74) is 2.34. The molecule has 1 N–H and O–H groups in total. The highest BCUT2D eigenvalue weighted by Gasteiger charge is 2.07. The molecule has 2 rings (SSSR count). The number of aryl methyl sites for hydroxylation is 1. The first-order valence-corrected chi connectivity index (χ1v) is 7.87. The van der Waals surface area contributed by atoms with Crippen LogP contribution >= 0.6 is 0 Å². The Balaban J connectivity index is 1.86. The third kappa shape index (κ3) is 3.83. The molecule has 0 aliphatic heterocycles. The van der Waals surface area contributed by atoms with Gasteiger partial charge in [0, 0.05) is 6.54 Å². The van der Waals surface area contributed by atoms with Crippen molar-refractivity contribution in [1.82, 2.24) is 14.9 Å². The van der Waals surface area contributed by atoms with Gasteiger partial charge in [-0.2, -0.15) is 0 Å². The van der Waals surface area contributed by atoms with E-state index in [1.54, 1.807) is 0 Å². The fourth-order valence-corrected chi connectivity index (χ4v) is 2.62. The zero-order valence-corrected chi connectivity index (χ0v) is 13.0. The third-order valence-electron chi connectivity index (χ3n) is 3.72. The van der Waals surface area contributed by atoms with Crippen LogP contribution in [0.4, 0.5) is 0 Å². The molecule has 0 aliphatic rings. The van der Waals surface area contributed by atoms with E-state index in [1.165, 1.54) is 24.8 Å². The van der Waals surface area contributed by atoms with Crippen LogP contribution in [0.1, 0.15) is 45.9 Å². The van der Waals surface area contributed by atoms with E-state index in [2.05, 4.69) is 54.9 Å². The minimum Gasteiger partial charge on any atom is -0.327 e. The maximum atomic E-state index is 4.73. The highest BCUT2D eigenvalue weighted by molar-refractivity contribution is 5.75. The minimum atomic E-state index is 0.819. The van der Waals surface area contributed by atoms with E-state index in [1.807, 2.05) is 0 Å². The van der Waals surface area contributed by atoms with Crippen LogP contribution in [0.25, 0.3) is 11.0 Å². The maximum Gasteiger partial charge on any atom is 0.123 e. The zero-order chi connectivity index (χ0) is 14.4. The van der Waals surface area contributed by atoms with Gasteiger partial charge in [0.25, 0.3) is 0 Å². The Labute approximate surface area is 122 Å². The lowest BCUT2D eigenvalue weighted by atomic mass is 10.1. The molecule has 20 heavy (non-hydrogen) atoms. The van der Waals surface area contributed by atoms with Crippen molar-refractivity contribution in [3.05, 3.63) is 30.1 Å². The molecular weight excluding hydrogens is 246 g/mol. The van der Waals surface area contributed by atoms with E-state index in [9.17, 15) is 0 Å². The molecule has 110 valence electrons. The number of para-hydroxylation sites is 2. The molecule has 1 aromatic carbocycles. The molecule has 1 heterocycles. The Kier molecular flexibility index (Phi) is 5.60. The average molecular weight is 273 g/mol. The van der Waals surface area contributed by atoms with Gasteiger partial charge in [0.15, 0.2) is 0 Å². The van der Waals surface area contributed by atoms with Crippen molar-refractivity contribution in [2.45, 2.75) is 53.1 Å². The average Bonchev–Trinajstić information content (AvgIpc) is 2.79.